The zero-order valence-corrected chi connectivity index (χ0v) is 15.0. The van der Waals surface area contributed by atoms with Crippen LogP contribution in [-0.4, -0.2) is 46.9 Å². The van der Waals surface area contributed by atoms with E-state index in [0.717, 1.165) is 5.56 Å². The lowest BCUT2D eigenvalue weighted by molar-refractivity contribution is -0.142. The van der Waals surface area contributed by atoms with Crippen LogP contribution >= 0.6 is 0 Å². The molecule has 0 spiro atoms. The Kier molecular flexibility index (Phi) is 6.70. The molecule has 1 aromatic rings. The first kappa shape index (κ1) is 20.2. The highest BCUT2D eigenvalue weighted by Gasteiger charge is 2.35. The van der Waals surface area contributed by atoms with E-state index in [1.165, 1.54) is 0 Å². The van der Waals surface area contributed by atoms with Crippen LogP contribution in [0.3, 0.4) is 0 Å². The first-order chi connectivity index (χ1) is 12.8. The topological polar surface area (TPSA) is 125 Å². The van der Waals surface area contributed by atoms with Crippen molar-refractivity contribution in [3.05, 3.63) is 48.0 Å². The molecule has 8 nitrogen and oxygen atoms in total. The summed E-state index contributed by atoms with van der Waals surface area (Å²) in [5, 5.41) is 16.6. The fourth-order valence-electron chi connectivity index (χ4n) is 2.80. The number of carbonyl (C=O) groups is 4. The summed E-state index contributed by atoms with van der Waals surface area (Å²) < 4.78 is 0. The number of nitrogens with one attached hydrogen (secondary N) is 3. The van der Waals surface area contributed by atoms with Crippen molar-refractivity contribution in [2.24, 2.45) is 0 Å². The van der Waals surface area contributed by atoms with Crippen LogP contribution in [0.1, 0.15) is 25.3 Å². The molecular formula is C19H23N3O5. The zero-order valence-electron chi connectivity index (χ0n) is 15.0. The molecule has 3 amide bonds. The van der Waals surface area contributed by atoms with E-state index < -0.39 is 35.9 Å². The van der Waals surface area contributed by atoms with Gasteiger partial charge in [0.15, 0.2) is 0 Å². The Bertz CT molecular complexity index is 747. The van der Waals surface area contributed by atoms with Gasteiger partial charge in [0.2, 0.25) is 17.7 Å². The molecule has 1 fully saturated rings. The van der Waals surface area contributed by atoms with Crippen molar-refractivity contribution in [2.75, 3.05) is 0 Å². The van der Waals surface area contributed by atoms with Crippen molar-refractivity contribution < 1.29 is 24.3 Å². The van der Waals surface area contributed by atoms with Crippen molar-refractivity contribution in [2.45, 2.75) is 44.3 Å². The fourth-order valence-corrected chi connectivity index (χ4v) is 2.80. The molecule has 0 aromatic heterocycles. The Balaban J connectivity index is 1.92. The van der Waals surface area contributed by atoms with E-state index in [-0.39, 0.29) is 18.7 Å². The van der Waals surface area contributed by atoms with Crippen LogP contribution in [-0.2, 0) is 25.6 Å². The summed E-state index contributed by atoms with van der Waals surface area (Å²) in [5.74, 6) is -2.68. The standard InChI is InChI=1S/C19H23N3O5/c1-11(2)8-15(19(26)27)20-16(23)10-14-18(25)21-13(17(24)22-14)9-12-6-4-3-5-7-12/h3-7,13-15H,1,8-10H2,2H3,(H,20,23)(H,21,25)(H,22,24)(H,26,27)/t13-,14-,15-/m0/s1. The molecule has 1 aliphatic heterocycles. The van der Waals surface area contributed by atoms with E-state index in [9.17, 15) is 19.2 Å². The third-order valence-electron chi connectivity index (χ3n) is 4.12. The van der Waals surface area contributed by atoms with Crippen molar-refractivity contribution in [1.29, 1.82) is 0 Å². The highest BCUT2D eigenvalue weighted by atomic mass is 16.4. The zero-order chi connectivity index (χ0) is 20.0. The van der Waals surface area contributed by atoms with Gasteiger partial charge in [0.05, 0.1) is 6.42 Å². The van der Waals surface area contributed by atoms with Crippen molar-refractivity contribution in [3.8, 4) is 0 Å². The largest absolute Gasteiger partial charge is 0.480 e. The Morgan fingerprint density at radius 2 is 1.74 bits per heavy atom. The molecule has 2 rings (SSSR count). The smallest absolute Gasteiger partial charge is 0.326 e. The Morgan fingerprint density at radius 3 is 2.33 bits per heavy atom. The molecule has 1 aliphatic rings. The summed E-state index contributed by atoms with van der Waals surface area (Å²) in [4.78, 5) is 47.8. The van der Waals surface area contributed by atoms with Gasteiger partial charge in [-0.05, 0) is 18.9 Å². The average Bonchev–Trinajstić information content (AvgIpc) is 2.59. The minimum Gasteiger partial charge on any atom is -0.480 e. The maximum absolute atomic E-state index is 12.2. The lowest BCUT2D eigenvalue weighted by Gasteiger charge is -2.29. The predicted molar refractivity (Wildman–Crippen MR) is 97.6 cm³/mol. The lowest BCUT2D eigenvalue weighted by atomic mass is 10.0. The van der Waals surface area contributed by atoms with Crippen LogP contribution in [0.4, 0.5) is 0 Å². The molecule has 0 unspecified atom stereocenters. The molecule has 1 heterocycles. The van der Waals surface area contributed by atoms with Crippen LogP contribution < -0.4 is 16.0 Å². The minimum absolute atomic E-state index is 0.0868. The average molecular weight is 373 g/mol. The van der Waals surface area contributed by atoms with Gasteiger partial charge in [-0.1, -0.05) is 35.9 Å². The SMILES string of the molecule is C=C(C)C[C@H](NC(=O)C[C@@H]1NC(=O)[C@H](Cc2ccccc2)NC1=O)C(=O)O. The molecule has 1 aromatic carbocycles. The van der Waals surface area contributed by atoms with Gasteiger partial charge in [0.25, 0.3) is 0 Å². The number of carboxylic acids is 1. The summed E-state index contributed by atoms with van der Waals surface area (Å²) in [6, 6.07) is 6.38. The maximum atomic E-state index is 12.2. The molecule has 1 saturated heterocycles. The first-order valence-corrected chi connectivity index (χ1v) is 8.57. The number of benzene rings is 1. The number of carbonyl (C=O) groups excluding carboxylic acids is 3. The van der Waals surface area contributed by atoms with Crippen LogP contribution in [0.2, 0.25) is 0 Å². The maximum Gasteiger partial charge on any atom is 0.326 e. The minimum atomic E-state index is -1.19. The summed E-state index contributed by atoms with van der Waals surface area (Å²) in [7, 11) is 0. The molecular weight excluding hydrogens is 350 g/mol. The third kappa shape index (κ3) is 5.95. The van der Waals surface area contributed by atoms with Gasteiger partial charge in [-0.3, -0.25) is 14.4 Å². The number of hydrogen-bond donors (Lipinski definition) is 4. The third-order valence-corrected chi connectivity index (χ3v) is 4.12. The molecule has 8 heteroatoms. The van der Waals surface area contributed by atoms with Gasteiger partial charge < -0.3 is 21.1 Å². The summed E-state index contributed by atoms with van der Waals surface area (Å²) in [6.45, 7) is 5.29. The highest BCUT2D eigenvalue weighted by molar-refractivity contribution is 5.99. The van der Waals surface area contributed by atoms with E-state index >= 15 is 0 Å². The monoisotopic (exact) mass is 373 g/mol. The molecule has 0 bridgehead atoms. The number of piperazine rings is 1. The number of rotatable bonds is 8. The molecule has 27 heavy (non-hydrogen) atoms. The van der Waals surface area contributed by atoms with Crippen molar-refractivity contribution in [3.63, 3.8) is 0 Å². The Labute approximate surface area is 157 Å². The van der Waals surface area contributed by atoms with Gasteiger partial charge in [-0.25, -0.2) is 4.79 Å². The second kappa shape index (κ2) is 8.98. The van der Waals surface area contributed by atoms with E-state index in [2.05, 4.69) is 22.5 Å². The molecule has 3 atom stereocenters. The van der Waals surface area contributed by atoms with Crippen molar-refractivity contribution in [1.82, 2.24) is 16.0 Å². The second-order valence-corrected chi connectivity index (χ2v) is 6.64. The van der Waals surface area contributed by atoms with E-state index in [1.54, 1.807) is 6.92 Å². The molecule has 0 radical (unpaired) electrons. The number of amides is 3. The molecule has 4 N–H and O–H groups in total. The number of carboxylic acid groups (broad SMARTS) is 1. The lowest BCUT2D eigenvalue weighted by Crippen LogP contribution is -2.63. The fraction of sp³-hybridized carbons (Fsp3) is 0.368. The van der Waals surface area contributed by atoms with Gasteiger partial charge >= 0.3 is 5.97 Å². The van der Waals surface area contributed by atoms with E-state index in [4.69, 9.17) is 5.11 Å². The highest BCUT2D eigenvalue weighted by Crippen LogP contribution is 2.09. The number of hydrogen-bond acceptors (Lipinski definition) is 4. The van der Waals surface area contributed by atoms with Gasteiger partial charge in [0, 0.05) is 6.42 Å². The summed E-state index contributed by atoms with van der Waals surface area (Å²) in [6.07, 6.45) is 0.0933. The van der Waals surface area contributed by atoms with Crippen LogP contribution in [0.15, 0.2) is 42.5 Å². The van der Waals surface area contributed by atoms with Crippen LogP contribution in [0.5, 0.6) is 0 Å². The van der Waals surface area contributed by atoms with E-state index in [0.29, 0.717) is 12.0 Å². The predicted octanol–water partition coefficient (Wildman–Crippen LogP) is 0.138. The number of aliphatic carboxylic acids is 1. The quantitative estimate of drug-likeness (QED) is 0.483. The normalized spacial score (nSPS) is 20.2. The van der Waals surface area contributed by atoms with Gasteiger partial charge in [-0.2, -0.15) is 0 Å². The second-order valence-electron chi connectivity index (χ2n) is 6.64. The van der Waals surface area contributed by atoms with Gasteiger partial charge in [-0.15, -0.1) is 6.58 Å². The molecule has 0 aliphatic carbocycles. The summed E-state index contributed by atoms with van der Waals surface area (Å²) >= 11 is 0. The van der Waals surface area contributed by atoms with Crippen LogP contribution in [0, 0.1) is 0 Å². The Hall–Kier alpha value is -3.16. The molecule has 0 saturated carbocycles. The molecule has 144 valence electrons. The van der Waals surface area contributed by atoms with Crippen LogP contribution in [0.25, 0.3) is 0 Å². The van der Waals surface area contributed by atoms with Crippen molar-refractivity contribution >= 4 is 23.7 Å². The Morgan fingerprint density at radius 1 is 1.15 bits per heavy atom. The first-order valence-electron chi connectivity index (χ1n) is 8.57. The summed E-state index contributed by atoms with van der Waals surface area (Å²) in [5.41, 5.74) is 1.51. The van der Waals surface area contributed by atoms with Gasteiger partial charge in [0.1, 0.15) is 18.1 Å². The van der Waals surface area contributed by atoms with E-state index in [1.807, 2.05) is 30.3 Å².